The van der Waals surface area contributed by atoms with E-state index in [1.54, 1.807) is 11.3 Å². The average Bonchev–Trinajstić information content (AvgIpc) is 3.37. The molecule has 1 aliphatic rings. The number of fused-ring (bicyclic) bond motifs is 1. The third-order valence-electron chi connectivity index (χ3n) is 5.35. The van der Waals surface area contributed by atoms with Gasteiger partial charge in [-0.25, -0.2) is 4.79 Å². The number of aromatic nitrogens is 2. The Morgan fingerprint density at radius 2 is 1.94 bits per heavy atom. The Morgan fingerprint density at radius 1 is 1.25 bits per heavy atom. The van der Waals surface area contributed by atoms with E-state index in [4.69, 9.17) is 9.90 Å². The van der Waals surface area contributed by atoms with Crippen molar-refractivity contribution in [2.24, 2.45) is 5.92 Å². The lowest BCUT2D eigenvalue weighted by molar-refractivity contribution is -0.192. The van der Waals surface area contributed by atoms with Crippen LogP contribution in [-0.2, 0) is 29.1 Å². The highest BCUT2D eigenvalue weighted by atomic mass is 32.1. The lowest BCUT2D eigenvalue weighted by atomic mass is 10.0. The van der Waals surface area contributed by atoms with Gasteiger partial charge in [-0.3, -0.25) is 9.48 Å². The normalized spacial score (nSPS) is 16.2. The van der Waals surface area contributed by atoms with Crippen molar-refractivity contribution in [3.63, 3.8) is 0 Å². The van der Waals surface area contributed by atoms with Crippen LogP contribution in [0.15, 0.2) is 29.1 Å². The van der Waals surface area contributed by atoms with Gasteiger partial charge in [-0.2, -0.15) is 29.6 Å². The summed E-state index contributed by atoms with van der Waals surface area (Å²) < 4.78 is 33.8. The molecule has 0 aliphatic carbocycles. The SMILES string of the molecule is CCN(CC)CCC1CN(C(=O)Cc2ccsc2)Cc2ccnn2C1.O=C(O)C(F)(F)F. The van der Waals surface area contributed by atoms with Crippen LogP contribution in [0.5, 0.6) is 0 Å². The third kappa shape index (κ3) is 7.94. The molecule has 0 aromatic carbocycles. The number of thiophene rings is 1. The molecule has 3 heterocycles. The van der Waals surface area contributed by atoms with Gasteiger partial charge in [-0.05, 0) is 60.4 Å². The van der Waals surface area contributed by atoms with Crippen LogP contribution >= 0.6 is 11.3 Å². The minimum absolute atomic E-state index is 0.223. The molecule has 0 spiro atoms. The van der Waals surface area contributed by atoms with Crippen molar-refractivity contribution in [1.82, 2.24) is 19.6 Å². The van der Waals surface area contributed by atoms with E-state index in [9.17, 15) is 18.0 Å². The number of hydrogen-bond acceptors (Lipinski definition) is 5. The van der Waals surface area contributed by atoms with Crippen molar-refractivity contribution in [3.05, 3.63) is 40.3 Å². The fourth-order valence-corrected chi connectivity index (χ4v) is 4.16. The van der Waals surface area contributed by atoms with E-state index in [0.717, 1.165) is 50.4 Å². The Labute approximate surface area is 189 Å². The number of aliphatic carboxylic acids is 1. The van der Waals surface area contributed by atoms with E-state index in [1.807, 2.05) is 28.6 Å². The predicted molar refractivity (Wildman–Crippen MR) is 115 cm³/mol. The molecule has 2 aromatic rings. The number of carbonyl (C=O) groups excluding carboxylic acids is 1. The smallest absolute Gasteiger partial charge is 0.475 e. The molecular weight excluding hydrogens is 445 g/mol. The standard InChI is InChI=1S/C19H28N4OS.C2HF3O2/c1-3-21(4-2)9-6-17-12-22(14-18-5-8-20-23(18)13-17)19(24)11-16-7-10-25-15-16;3-2(4,5)1(6)7/h5,7-8,10,15,17H,3-4,6,9,11-14H2,1-2H3;(H,6,7). The monoisotopic (exact) mass is 474 g/mol. The van der Waals surface area contributed by atoms with Gasteiger partial charge >= 0.3 is 12.1 Å². The second kappa shape index (κ2) is 12.0. The maximum atomic E-state index is 12.8. The van der Waals surface area contributed by atoms with Crippen LogP contribution in [0, 0.1) is 5.92 Å². The molecule has 11 heteroatoms. The van der Waals surface area contributed by atoms with Crippen molar-refractivity contribution in [2.45, 2.75) is 46.0 Å². The first-order valence-corrected chi connectivity index (χ1v) is 11.4. The van der Waals surface area contributed by atoms with Crippen molar-refractivity contribution >= 4 is 23.2 Å². The zero-order chi connectivity index (χ0) is 23.7. The fraction of sp³-hybridized carbons (Fsp3) is 0.571. The first-order valence-electron chi connectivity index (χ1n) is 10.5. The Morgan fingerprint density at radius 3 is 2.50 bits per heavy atom. The van der Waals surface area contributed by atoms with Crippen LogP contribution in [0.25, 0.3) is 0 Å². The highest BCUT2D eigenvalue weighted by molar-refractivity contribution is 7.08. The van der Waals surface area contributed by atoms with Gasteiger partial charge in [0.05, 0.1) is 18.7 Å². The summed E-state index contributed by atoms with van der Waals surface area (Å²) in [6.07, 6.45) is -1.63. The van der Waals surface area contributed by atoms with E-state index in [2.05, 4.69) is 33.9 Å². The third-order valence-corrected chi connectivity index (χ3v) is 6.08. The van der Waals surface area contributed by atoms with Crippen molar-refractivity contribution in [3.8, 4) is 0 Å². The molecule has 0 saturated carbocycles. The summed E-state index contributed by atoms with van der Waals surface area (Å²) in [6.45, 7) is 10.1. The van der Waals surface area contributed by atoms with Gasteiger partial charge in [0.2, 0.25) is 5.91 Å². The molecule has 178 valence electrons. The van der Waals surface area contributed by atoms with Gasteiger partial charge in [0, 0.05) is 19.3 Å². The Hall–Kier alpha value is -2.40. The summed E-state index contributed by atoms with van der Waals surface area (Å²) >= 11 is 1.65. The number of nitrogens with zero attached hydrogens (tertiary/aromatic N) is 4. The van der Waals surface area contributed by atoms with Crippen molar-refractivity contribution in [1.29, 1.82) is 0 Å². The molecule has 3 rings (SSSR count). The summed E-state index contributed by atoms with van der Waals surface area (Å²) in [7, 11) is 0. The van der Waals surface area contributed by atoms with E-state index in [0.29, 0.717) is 18.9 Å². The Balaban J connectivity index is 0.000000451. The number of hydrogen-bond donors (Lipinski definition) is 1. The number of carbonyl (C=O) groups is 2. The van der Waals surface area contributed by atoms with E-state index in [-0.39, 0.29) is 5.91 Å². The van der Waals surface area contributed by atoms with E-state index in [1.165, 1.54) is 0 Å². The molecule has 1 N–H and O–H groups in total. The van der Waals surface area contributed by atoms with Gasteiger partial charge in [0.25, 0.3) is 0 Å². The Kier molecular flexibility index (Phi) is 9.70. The number of carboxylic acids is 1. The topological polar surface area (TPSA) is 78.7 Å². The molecule has 1 unspecified atom stereocenters. The maximum absolute atomic E-state index is 12.8. The number of carboxylic acid groups (broad SMARTS) is 1. The van der Waals surface area contributed by atoms with Crippen LogP contribution in [-0.4, -0.2) is 68.9 Å². The molecule has 2 aromatic heterocycles. The quantitative estimate of drug-likeness (QED) is 0.665. The molecule has 0 saturated heterocycles. The van der Waals surface area contributed by atoms with Gasteiger partial charge in [-0.15, -0.1) is 0 Å². The first-order chi connectivity index (χ1) is 15.1. The second-order valence-electron chi connectivity index (χ2n) is 7.57. The zero-order valence-corrected chi connectivity index (χ0v) is 19.0. The van der Waals surface area contributed by atoms with Crippen LogP contribution in [0.4, 0.5) is 13.2 Å². The Bertz CT molecular complexity index is 851. The summed E-state index contributed by atoms with van der Waals surface area (Å²) in [5.41, 5.74) is 2.26. The second-order valence-corrected chi connectivity index (χ2v) is 8.35. The molecular formula is C21H29F3N4O3S. The number of alkyl halides is 3. The van der Waals surface area contributed by atoms with Crippen LogP contribution in [0.1, 0.15) is 31.5 Å². The molecule has 0 radical (unpaired) electrons. The highest BCUT2D eigenvalue weighted by Crippen LogP contribution is 2.20. The lowest BCUT2D eigenvalue weighted by Crippen LogP contribution is -2.36. The van der Waals surface area contributed by atoms with E-state index < -0.39 is 12.1 Å². The minimum Gasteiger partial charge on any atom is -0.475 e. The highest BCUT2D eigenvalue weighted by Gasteiger charge is 2.38. The van der Waals surface area contributed by atoms with Crippen LogP contribution in [0.3, 0.4) is 0 Å². The molecule has 0 bridgehead atoms. The van der Waals surface area contributed by atoms with E-state index >= 15 is 0 Å². The van der Waals surface area contributed by atoms with Crippen LogP contribution in [0.2, 0.25) is 0 Å². The minimum atomic E-state index is -5.08. The number of halogens is 3. The molecule has 7 nitrogen and oxygen atoms in total. The molecule has 0 fully saturated rings. The molecule has 1 amide bonds. The van der Waals surface area contributed by atoms with Crippen LogP contribution < -0.4 is 0 Å². The lowest BCUT2D eigenvalue weighted by Gasteiger charge is -2.26. The number of amides is 1. The average molecular weight is 475 g/mol. The first kappa shape index (κ1) is 25.9. The van der Waals surface area contributed by atoms with Crippen molar-refractivity contribution in [2.75, 3.05) is 26.2 Å². The molecule has 32 heavy (non-hydrogen) atoms. The largest absolute Gasteiger partial charge is 0.490 e. The summed E-state index contributed by atoms with van der Waals surface area (Å²) in [6, 6.07) is 4.08. The van der Waals surface area contributed by atoms with Gasteiger partial charge in [0.1, 0.15) is 0 Å². The zero-order valence-electron chi connectivity index (χ0n) is 18.2. The van der Waals surface area contributed by atoms with Gasteiger partial charge in [0.15, 0.2) is 0 Å². The molecule has 1 aliphatic heterocycles. The van der Waals surface area contributed by atoms with Crippen molar-refractivity contribution < 1.29 is 27.9 Å². The van der Waals surface area contributed by atoms with Gasteiger partial charge < -0.3 is 14.9 Å². The summed E-state index contributed by atoms with van der Waals surface area (Å²) in [5, 5.41) is 15.7. The maximum Gasteiger partial charge on any atom is 0.490 e. The number of rotatable bonds is 7. The fourth-order valence-electron chi connectivity index (χ4n) is 3.49. The van der Waals surface area contributed by atoms with Gasteiger partial charge in [-0.1, -0.05) is 13.8 Å². The predicted octanol–water partition coefficient (Wildman–Crippen LogP) is 3.51. The molecule has 1 atom stereocenters. The summed E-state index contributed by atoms with van der Waals surface area (Å²) in [5.74, 6) is -2.08. The summed E-state index contributed by atoms with van der Waals surface area (Å²) in [4.78, 5) is 26.2.